The van der Waals surface area contributed by atoms with Gasteiger partial charge in [0.1, 0.15) is 5.82 Å². The van der Waals surface area contributed by atoms with Crippen molar-refractivity contribution in [3.8, 4) is 0 Å². The minimum Gasteiger partial charge on any atom is -0.324 e. The third-order valence-electron chi connectivity index (χ3n) is 1.81. The van der Waals surface area contributed by atoms with Crippen molar-refractivity contribution in [3.63, 3.8) is 0 Å². The maximum atomic E-state index is 12.9. The van der Waals surface area contributed by atoms with Crippen molar-refractivity contribution in [1.82, 2.24) is 0 Å². The molecular weight excluding hydrogens is 212 g/mol. The summed E-state index contributed by atoms with van der Waals surface area (Å²) in [4.78, 5) is 0. The predicted molar refractivity (Wildman–Crippen MR) is 55.9 cm³/mol. The van der Waals surface area contributed by atoms with Crippen molar-refractivity contribution in [1.29, 1.82) is 0 Å². The number of hydrogen-bond donors (Lipinski definition) is 1. The second-order valence-electron chi connectivity index (χ2n) is 2.69. The summed E-state index contributed by atoms with van der Waals surface area (Å²) in [5, 5.41) is 0.141. The van der Waals surface area contributed by atoms with Gasteiger partial charge in [-0.3, -0.25) is 0 Å². The van der Waals surface area contributed by atoms with E-state index in [2.05, 4.69) is 0 Å². The number of rotatable bonds is 2. The first-order valence-electron chi connectivity index (χ1n) is 3.85. The molecule has 1 rings (SSSR count). The van der Waals surface area contributed by atoms with E-state index in [1.54, 1.807) is 6.07 Å². The fraction of sp³-hybridized carbons (Fsp3) is 0.333. The maximum absolute atomic E-state index is 12.9. The summed E-state index contributed by atoms with van der Waals surface area (Å²) < 4.78 is 12.9. The first-order chi connectivity index (χ1) is 5.65. The number of benzene rings is 1. The summed E-state index contributed by atoms with van der Waals surface area (Å²) in [5.74, 6) is -0.405. The molecule has 0 unspecified atom stereocenters. The Morgan fingerprint density at radius 2 is 2.15 bits per heavy atom. The van der Waals surface area contributed by atoms with Crippen LogP contribution in [0.3, 0.4) is 0 Å². The van der Waals surface area contributed by atoms with Crippen molar-refractivity contribution >= 4 is 24.0 Å². The van der Waals surface area contributed by atoms with Crippen LogP contribution >= 0.6 is 24.0 Å². The van der Waals surface area contributed by atoms with E-state index in [0.29, 0.717) is 0 Å². The molecular formula is C9H12Cl2FN. The lowest BCUT2D eigenvalue weighted by molar-refractivity contribution is 0.617. The summed E-state index contributed by atoms with van der Waals surface area (Å²) in [5.41, 5.74) is 6.49. The van der Waals surface area contributed by atoms with E-state index >= 15 is 0 Å². The van der Waals surface area contributed by atoms with Gasteiger partial charge in [-0.05, 0) is 24.1 Å². The highest BCUT2D eigenvalue weighted by molar-refractivity contribution is 6.30. The Kier molecular flexibility index (Phi) is 5.30. The Morgan fingerprint density at radius 1 is 1.54 bits per heavy atom. The molecule has 1 aromatic carbocycles. The Morgan fingerprint density at radius 3 is 2.62 bits per heavy atom. The van der Waals surface area contributed by atoms with Crippen molar-refractivity contribution < 1.29 is 4.39 Å². The van der Waals surface area contributed by atoms with Crippen LogP contribution in [0.1, 0.15) is 24.9 Å². The van der Waals surface area contributed by atoms with Gasteiger partial charge in [0.2, 0.25) is 0 Å². The van der Waals surface area contributed by atoms with E-state index in [-0.39, 0.29) is 23.5 Å². The van der Waals surface area contributed by atoms with Crippen LogP contribution in [0.15, 0.2) is 18.2 Å². The molecule has 0 aliphatic carbocycles. The maximum Gasteiger partial charge on any atom is 0.142 e. The summed E-state index contributed by atoms with van der Waals surface area (Å²) >= 11 is 5.51. The van der Waals surface area contributed by atoms with Crippen LogP contribution < -0.4 is 5.73 Å². The minimum atomic E-state index is -0.405. The molecule has 13 heavy (non-hydrogen) atoms. The molecule has 1 aromatic rings. The Labute approximate surface area is 88.5 Å². The first kappa shape index (κ1) is 12.7. The summed E-state index contributed by atoms with van der Waals surface area (Å²) in [6.45, 7) is 1.96. The lowest BCUT2D eigenvalue weighted by Crippen LogP contribution is -2.08. The smallest absolute Gasteiger partial charge is 0.142 e. The van der Waals surface area contributed by atoms with Gasteiger partial charge in [-0.15, -0.1) is 12.4 Å². The second kappa shape index (κ2) is 5.43. The van der Waals surface area contributed by atoms with Crippen LogP contribution in [0, 0.1) is 5.82 Å². The molecule has 2 N–H and O–H groups in total. The summed E-state index contributed by atoms with van der Waals surface area (Å²) in [6.07, 6.45) is 0.793. The highest BCUT2D eigenvalue weighted by Crippen LogP contribution is 2.20. The van der Waals surface area contributed by atoms with E-state index in [1.807, 2.05) is 6.92 Å². The van der Waals surface area contributed by atoms with Gasteiger partial charge in [0.25, 0.3) is 0 Å². The van der Waals surface area contributed by atoms with Crippen molar-refractivity contribution in [2.45, 2.75) is 19.4 Å². The monoisotopic (exact) mass is 223 g/mol. The van der Waals surface area contributed by atoms with Crippen LogP contribution in [0.4, 0.5) is 4.39 Å². The molecule has 0 spiro atoms. The fourth-order valence-corrected chi connectivity index (χ4v) is 1.10. The summed E-state index contributed by atoms with van der Waals surface area (Å²) in [6, 6.07) is 4.56. The zero-order valence-corrected chi connectivity index (χ0v) is 8.83. The van der Waals surface area contributed by atoms with Gasteiger partial charge in [-0.25, -0.2) is 4.39 Å². The highest BCUT2D eigenvalue weighted by atomic mass is 35.5. The number of nitrogens with two attached hydrogens (primary N) is 1. The SMILES string of the molecule is CC[C@@H](N)c1ccc(Cl)c(F)c1.Cl. The molecule has 1 nitrogen and oxygen atoms in total. The van der Waals surface area contributed by atoms with E-state index in [9.17, 15) is 4.39 Å². The molecule has 4 heteroatoms. The molecule has 0 saturated carbocycles. The van der Waals surface area contributed by atoms with Crippen LogP contribution in [0.2, 0.25) is 5.02 Å². The Bertz CT molecular complexity index is 278. The van der Waals surface area contributed by atoms with Gasteiger partial charge >= 0.3 is 0 Å². The van der Waals surface area contributed by atoms with Crippen molar-refractivity contribution in [2.75, 3.05) is 0 Å². The number of halogens is 3. The zero-order valence-electron chi connectivity index (χ0n) is 7.26. The van der Waals surface area contributed by atoms with E-state index in [4.69, 9.17) is 17.3 Å². The van der Waals surface area contributed by atoms with Crippen LogP contribution in [0.25, 0.3) is 0 Å². The van der Waals surface area contributed by atoms with E-state index < -0.39 is 5.82 Å². The highest BCUT2D eigenvalue weighted by Gasteiger charge is 2.05. The van der Waals surface area contributed by atoms with Gasteiger partial charge in [-0.2, -0.15) is 0 Å². The zero-order chi connectivity index (χ0) is 9.14. The molecule has 0 fully saturated rings. The molecule has 0 bridgehead atoms. The quantitative estimate of drug-likeness (QED) is 0.819. The van der Waals surface area contributed by atoms with Crippen LogP contribution in [-0.2, 0) is 0 Å². The molecule has 0 saturated heterocycles. The molecule has 0 aromatic heterocycles. The molecule has 0 radical (unpaired) electrons. The number of hydrogen-bond acceptors (Lipinski definition) is 1. The van der Waals surface area contributed by atoms with Gasteiger partial charge < -0.3 is 5.73 Å². The normalized spacial score (nSPS) is 12.0. The first-order valence-corrected chi connectivity index (χ1v) is 4.23. The average molecular weight is 224 g/mol. The largest absolute Gasteiger partial charge is 0.324 e. The van der Waals surface area contributed by atoms with Gasteiger partial charge in [-0.1, -0.05) is 24.6 Å². The molecule has 0 aliphatic rings. The Hall–Kier alpha value is -0.310. The topological polar surface area (TPSA) is 26.0 Å². The van der Waals surface area contributed by atoms with Crippen LogP contribution in [-0.4, -0.2) is 0 Å². The standard InChI is InChI=1S/C9H11ClFN.ClH/c1-2-9(12)6-3-4-7(10)8(11)5-6;/h3-5,9H,2,12H2,1H3;1H/t9-;/m1./s1. The average Bonchev–Trinajstić information content (AvgIpc) is 2.08. The lowest BCUT2D eigenvalue weighted by atomic mass is 10.1. The second-order valence-corrected chi connectivity index (χ2v) is 3.10. The van der Waals surface area contributed by atoms with Crippen molar-refractivity contribution in [2.24, 2.45) is 5.73 Å². The van der Waals surface area contributed by atoms with Crippen molar-refractivity contribution in [3.05, 3.63) is 34.6 Å². The van der Waals surface area contributed by atoms with E-state index in [0.717, 1.165) is 12.0 Å². The fourth-order valence-electron chi connectivity index (χ4n) is 0.979. The molecule has 0 heterocycles. The molecule has 1 atom stereocenters. The molecule has 0 aliphatic heterocycles. The Balaban J connectivity index is 0.00000144. The van der Waals surface area contributed by atoms with Crippen LogP contribution in [0.5, 0.6) is 0 Å². The summed E-state index contributed by atoms with van der Waals surface area (Å²) in [7, 11) is 0. The van der Waals surface area contributed by atoms with Gasteiger partial charge in [0.15, 0.2) is 0 Å². The lowest BCUT2D eigenvalue weighted by Gasteiger charge is -2.08. The molecule has 0 amide bonds. The third kappa shape index (κ3) is 3.14. The van der Waals surface area contributed by atoms with E-state index in [1.165, 1.54) is 12.1 Å². The molecule has 74 valence electrons. The van der Waals surface area contributed by atoms with Gasteiger partial charge in [0, 0.05) is 6.04 Å². The van der Waals surface area contributed by atoms with Gasteiger partial charge in [0.05, 0.1) is 5.02 Å². The minimum absolute atomic E-state index is 0. The third-order valence-corrected chi connectivity index (χ3v) is 2.12. The predicted octanol–water partition coefficient (Wildman–Crippen LogP) is 3.31.